The minimum absolute atomic E-state index is 0.172. The van der Waals surface area contributed by atoms with Gasteiger partial charge in [0.05, 0.1) is 0 Å². The molecule has 2 rings (SSSR count). The number of hydrogen-bond donors (Lipinski definition) is 1. The highest BCUT2D eigenvalue weighted by Crippen LogP contribution is 2.27. The van der Waals surface area contributed by atoms with Gasteiger partial charge in [-0.3, -0.25) is 9.59 Å². The van der Waals surface area contributed by atoms with Crippen molar-refractivity contribution in [2.24, 2.45) is 0 Å². The van der Waals surface area contributed by atoms with Crippen LogP contribution in [0.1, 0.15) is 44.2 Å². The number of carbonyl (C=O) groups excluding carboxylic acids is 2. The van der Waals surface area contributed by atoms with E-state index in [-0.39, 0.29) is 18.2 Å². The second-order valence-corrected chi connectivity index (χ2v) is 6.39. The lowest BCUT2D eigenvalue weighted by Gasteiger charge is -2.21. The van der Waals surface area contributed by atoms with E-state index >= 15 is 0 Å². The average molecular weight is 338 g/mol. The average Bonchev–Trinajstić information content (AvgIpc) is 2.58. The lowest BCUT2D eigenvalue weighted by atomic mass is 9.98. The van der Waals surface area contributed by atoms with Crippen LogP contribution in [0, 0.1) is 6.92 Å². The van der Waals surface area contributed by atoms with Gasteiger partial charge in [-0.15, -0.1) is 0 Å². The maximum Gasteiger partial charge on any atom is 0.236 e. The number of amides is 2. The number of rotatable bonds is 6. The molecule has 2 aromatic carbocycles. The summed E-state index contributed by atoms with van der Waals surface area (Å²) in [5.74, 6) is -0.191. The first-order chi connectivity index (χ1) is 11.9. The summed E-state index contributed by atoms with van der Waals surface area (Å²) in [7, 11) is 0. The molecule has 0 fully saturated rings. The maximum absolute atomic E-state index is 12.5. The standard InChI is InChI=1S/C21H26N2O2/c1-5-23(17-11-7-6-8-12-17)20(25)14-19(24)22-21-16(4)10-9-13-18(21)15(2)3/h6-13,15H,5,14H2,1-4H3,(H,22,24). The van der Waals surface area contributed by atoms with Crippen molar-refractivity contribution in [1.29, 1.82) is 0 Å². The molecule has 0 saturated carbocycles. The highest BCUT2D eigenvalue weighted by Gasteiger charge is 2.19. The molecule has 25 heavy (non-hydrogen) atoms. The molecule has 0 atom stereocenters. The zero-order valence-electron chi connectivity index (χ0n) is 15.4. The molecule has 0 heterocycles. The van der Waals surface area contributed by atoms with Crippen molar-refractivity contribution in [2.75, 3.05) is 16.8 Å². The Labute approximate surface area is 149 Å². The number of para-hydroxylation sites is 2. The summed E-state index contributed by atoms with van der Waals surface area (Å²) in [4.78, 5) is 26.6. The van der Waals surface area contributed by atoms with Crippen molar-refractivity contribution in [2.45, 2.75) is 40.0 Å². The maximum atomic E-state index is 12.5. The highest BCUT2D eigenvalue weighted by molar-refractivity contribution is 6.09. The van der Waals surface area contributed by atoms with E-state index in [1.54, 1.807) is 4.90 Å². The lowest BCUT2D eigenvalue weighted by molar-refractivity contribution is -0.125. The molecule has 0 radical (unpaired) electrons. The van der Waals surface area contributed by atoms with Gasteiger partial charge in [-0.1, -0.05) is 50.2 Å². The molecule has 0 unspecified atom stereocenters. The van der Waals surface area contributed by atoms with Crippen molar-refractivity contribution in [1.82, 2.24) is 0 Å². The fourth-order valence-electron chi connectivity index (χ4n) is 2.87. The summed E-state index contributed by atoms with van der Waals surface area (Å²) in [5, 5.41) is 2.94. The molecule has 4 heteroatoms. The predicted molar refractivity (Wildman–Crippen MR) is 103 cm³/mol. The Bertz CT molecular complexity index is 739. The van der Waals surface area contributed by atoms with Crippen molar-refractivity contribution in [3.8, 4) is 0 Å². The Morgan fingerprint density at radius 1 is 1.04 bits per heavy atom. The first kappa shape index (κ1) is 18.7. The van der Waals surface area contributed by atoms with Gasteiger partial charge < -0.3 is 10.2 Å². The lowest BCUT2D eigenvalue weighted by Crippen LogP contribution is -2.33. The van der Waals surface area contributed by atoms with Crippen LogP contribution in [0.2, 0.25) is 0 Å². The van der Waals surface area contributed by atoms with E-state index in [0.717, 1.165) is 22.5 Å². The first-order valence-electron chi connectivity index (χ1n) is 8.68. The molecule has 2 aromatic rings. The van der Waals surface area contributed by atoms with Crippen molar-refractivity contribution >= 4 is 23.2 Å². The summed E-state index contributed by atoms with van der Waals surface area (Å²) in [6, 6.07) is 15.4. The predicted octanol–water partition coefficient (Wildman–Crippen LogP) is 4.50. The van der Waals surface area contributed by atoms with E-state index in [0.29, 0.717) is 12.5 Å². The Morgan fingerprint density at radius 3 is 2.32 bits per heavy atom. The normalized spacial score (nSPS) is 10.6. The number of carbonyl (C=O) groups is 2. The zero-order valence-corrected chi connectivity index (χ0v) is 15.4. The molecule has 2 amide bonds. The van der Waals surface area contributed by atoms with Crippen molar-refractivity contribution < 1.29 is 9.59 Å². The third-order valence-electron chi connectivity index (χ3n) is 4.19. The molecule has 0 aliphatic carbocycles. The Morgan fingerprint density at radius 2 is 1.72 bits per heavy atom. The van der Waals surface area contributed by atoms with E-state index in [1.807, 2.05) is 62.4 Å². The molecule has 132 valence electrons. The summed E-state index contributed by atoms with van der Waals surface area (Å²) < 4.78 is 0. The van der Waals surface area contributed by atoms with Crippen LogP contribution in [-0.2, 0) is 9.59 Å². The number of nitrogens with one attached hydrogen (secondary N) is 1. The number of hydrogen-bond acceptors (Lipinski definition) is 2. The van der Waals surface area contributed by atoms with E-state index in [1.165, 1.54) is 0 Å². The Kier molecular flexibility index (Phi) is 6.34. The second-order valence-electron chi connectivity index (χ2n) is 6.39. The van der Waals surface area contributed by atoms with Crippen molar-refractivity contribution in [3.05, 3.63) is 59.7 Å². The van der Waals surface area contributed by atoms with Gasteiger partial charge in [-0.2, -0.15) is 0 Å². The van der Waals surface area contributed by atoms with Gasteiger partial charge in [-0.05, 0) is 43.0 Å². The summed E-state index contributed by atoms with van der Waals surface area (Å²) in [6.45, 7) is 8.57. The third-order valence-corrected chi connectivity index (χ3v) is 4.19. The SMILES string of the molecule is CCN(C(=O)CC(=O)Nc1c(C)cccc1C(C)C)c1ccccc1. The van der Waals surface area contributed by atoms with Gasteiger partial charge in [-0.25, -0.2) is 0 Å². The zero-order chi connectivity index (χ0) is 18.4. The van der Waals surface area contributed by atoms with Gasteiger partial charge >= 0.3 is 0 Å². The van der Waals surface area contributed by atoms with Crippen LogP contribution in [0.15, 0.2) is 48.5 Å². The molecule has 0 saturated heterocycles. The van der Waals surface area contributed by atoms with Gasteiger partial charge in [0.25, 0.3) is 0 Å². The van der Waals surface area contributed by atoms with Gasteiger partial charge in [0.2, 0.25) is 11.8 Å². The minimum Gasteiger partial charge on any atom is -0.325 e. The fourth-order valence-corrected chi connectivity index (χ4v) is 2.87. The molecule has 0 aromatic heterocycles. The topological polar surface area (TPSA) is 49.4 Å². The van der Waals surface area contributed by atoms with Crippen LogP contribution in [0.25, 0.3) is 0 Å². The number of nitrogens with zero attached hydrogens (tertiary/aromatic N) is 1. The van der Waals surface area contributed by atoms with E-state index in [9.17, 15) is 9.59 Å². The molecule has 0 bridgehead atoms. The molecule has 0 aliphatic rings. The van der Waals surface area contributed by atoms with E-state index in [4.69, 9.17) is 0 Å². The fraction of sp³-hybridized carbons (Fsp3) is 0.333. The van der Waals surface area contributed by atoms with E-state index < -0.39 is 0 Å². The number of benzene rings is 2. The third kappa shape index (κ3) is 4.69. The van der Waals surface area contributed by atoms with Crippen LogP contribution in [0.5, 0.6) is 0 Å². The monoisotopic (exact) mass is 338 g/mol. The Balaban J connectivity index is 2.11. The summed E-state index contributed by atoms with van der Waals surface area (Å²) in [5.41, 5.74) is 3.71. The minimum atomic E-state index is -0.282. The molecule has 0 spiro atoms. The molecule has 1 N–H and O–H groups in total. The van der Waals surface area contributed by atoms with Gasteiger partial charge in [0.1, 0.15) is 6.42 Å². The molecular formula is C21H26N2O2. The molecule has 0 aliphatic heterocycles. The smallest absolute Gasteiger partial charge is 0.236 e. The number of aryl methyl sites for hydroxylation is 1. The van der Waals surface area contributed by atoms with Gasteiger partial charge in [0, 0.05) is 17.9 Å². The van der Waals surface area contributed by atoms with Crippen LogP contribution in [0.3, 0.4) is 0 Å². The van der Waals surface area contributed by atoms with Crippen LogP contribution < -0.4 is 10.2 Å². The second kappa shape index (κ2) is 8.47. The Hall–Kier alpha value is -2.62. The number of anilines is 2. The van der Waals surface area contributed by atoms with Gasteiger partial charge in [0.15, 0.2) is 0 Å². The highest BCUT2D eigenvalue weighted by atomic mass is 16.2. The van der Waals surface area contributed by atoms with E-state index in [2.05, 4.69) is 19.2 Å². The van der Waals surface area contributed by atoms with Crippen LogP contribution >= 0.6 is 0 Å². The first-order valence-corrected chi connectivity index (χ1v) is 8.68. The van der Waals surface area contributed by atoms with Crippen molar-refractivity contribution in [3.63, 3.8) is 0 Å². The summed E-state index contributed by atoms with van der Waals surface area (Å²) in [6.07, 6.45) is -0.172. The summed E-state index contributed by atoms with van der Waals surface area (Å²) >= 11 is 0. The molecule has 4 nitrogen and oxygen atoms in total. The largest absolute Gasteiger partial charge is 0.325 e. The van der Waals surface area contributed by atoms with Crippen LogP contribution in [-0.4, -0.2) is 18.4 Å². The quantitative estimate of drug-likeness (QED) is 0.788. The van der Waals surface area contributed by atoms with Crippen LogP contribution in [0.4, 0.5) is 11.4 Å². The molecular weight excluding hydrogens is 312 g/mol.